The average molecular weight is 807 g/mol. The van der Waals surface area contributed by atoms with Gasteiger partial charge in [-0.2, -0.15) is 0 Å². The predicted octanol–water partition coefficient (Wildman–Crippen LogP) is 9.42. The van der Waals surface area contributed by atoms with Crippen LogP contribution >= 0.6 is 11.8 Å². The van der Waals surface area contributed by atoms with Crippen LogP contribution in [0.15, 0.2) is 65.9 Å². The number of aliphatic hydroxyl groups is 2. The molecule has 57 heavy (non-hydrogen) atoms. The summed E-state index contributed by atoms with van der Waals surface area (Å²) < 4.78 is 31.2. The molecule has 0 radical (unpaired) electrons. The van der Waals surface area contributed by atoms with E-state index in [1.807, 2.05) is 44.7 Å². The number of hydrogen-bond acceptors (Lipinski definition) is 11. The highest BCUT2D eigenvalue weighted by molar-refractivity contribution is 8.00. The number of amides is 1. The number of carbonyl (C=O) groups excluding carboxylic acids is 1. The number of benzene rings is 2. The molecule has 2 aromatic rings. The molecule has 6 rings (SSSR count). The number of nitrogens with zero attached hydrogens (tertiary/aromatic N) is 1. The zero-order valence-electron chi connectivity index (χ0n) is 34.3. The van der Waals surface area contributed by atoms with Gasteiger partial charge in [-0.05, 0) is 107 Å². The number of fused-ring (bicyclic) bond motifs is 2. The van der Waals surface area contributed by atoms with Gasteiger partial charge in [-0.1, -0.05) is 43.0 Å². The highest BCUT2D eigenvalue weighted by atomic mass is 32.2. The second kappa shape index (κ2) is 19.4. The number of rotatable bonds is 18. The lowest BCUT2D eigenvalue weighted by Gasteiger charge is -2.58. The van der Waals surface area contributed by atoms with Gasteiger partial charge < -0.3 is 38.7 Å². The Labute approximate surface area is 342 Å². The molecule has 0 unspecified atom stereocenters. The summed E-state index contributed by atoms with van der Waals surface area (Å²) in [5, 5.41) is 27.9. The molecule has 11 nitrogen and oxygen atoms in total. The minimum atomic E-state index is -1.04. The number of methoxy groups -OCH3 is 2. The first kappa shape index (κ1) is 42.9. The van der Waals surface area contributed by atoms with Gasteiger partial charge in [0.1, 0.15) is 28.6 Å². The Morgan fingerprint density at radius 1 is 1.02 bits per heavy atom. The highest BCUT2D eigenvalue weighted by Gasteiger charge is 2.64. The Morgan fingerprint density at radius 3 is 2.44 bits per heavy atom. The van der Waals surface area contributed by atoms with Crippen LogP contribution in [0.2, 0.25) is 0 Å². The normalized spacial score (nSPS) is 26.1. The Kier molecular flexibility index (Phi) is 14.6. The minimum Gasteiger partial charge on any atom is -0.497 e. The van der Waals surface area contributed by atoms with Gasteiger partial charge in [0.25, 0.3) is 0 Å². The quantitative estimate of drug-likeness (QED) is 0.0759. The molecule has 3 aliphatic carbocycles. The van der Waals surface area contributed by atoms with Crippen LogP contribution in [0.5, 0.6) is 23.0 Å². The largest absolute Gasteiger partial charge is 0.497 e. The van der Waals surface area contributed by atoms with E-state index in [9.17, 15) is 15.0 Å². The van der Waals surface area contributed by atoms with Crippen molar-refractivity contribution in [2.75, 3.05) is 39.4 Å². The Balaban J connectivity index is 1.48. The average Bonchev–Trinajstić information content (AvgIpc) is 3.71. The molecule has 0 bridgehead atoms. The number of carbonyl (C=O) groups is 1. The fraction of sp³-hybridized carbons (Fsp3) is 0.600. The number of oxime groups is 1. The van der Waals surface area contributed by atoms with Crippen LogP contribution < -0.4 is 24.3 Å². The molecule has 2 saturated carbocycles. The molecular formula is C45H62N2O9S. The second-order valence-corrected chi connectivity index (χ2v) is 18.1. The maximum Gasteiger partial charge on any atom is 0.417 e. The third kappa shape index (κ3) is 9.95. The summed E-state index contributed by atoms with van der Waals surface area (Å²) in [6, 6.07) is 10.8. The molecule has 0 aromatic heterocycles. The molecule has 1 heterocycles. The van der Waals surface area contributed by atoms with Crippen LogP contribution in [0.25, 0.3) is 0 Å². The predicted molar refractivity (Wildman–Crippen MR) is 225 cm³/mol. The smallest absolute Gasteiger partial charge is 0.417 e. The van der Waals surface area contributed by atoms with Gasteiger partial charge in [0, 0.05) is 42.4 Å². The Bertz CT molecular complexity index is 1750. The summed E-state index contributed by atoms with van der Waals surface area (Å²) in [5.74, 6) is 0.976. The topological polar surface area (TPSA) is 137 Å². The lowest BCUT2D eigenvalue weighted by molar-refractivity contribution is -0.223. The molecule has 1 amide bonds. The number of unbranched alkanes of at least 4 members (excludes halogenated alkanes) is 2. The third-order valence-electron chi connectivity index (χ3n) is 11.6. The van der Waals surface area contributed by atoms with Crippen LogP contribution in [0.1, 0.15) is 103 Å². The number of allylic oxidation sites excluding steroid dienone is 1. The molecule has 312 valence electrons. The summed E-state index contributed by atoms with van der Waals surface area (Å²) in [6.45, 7) is 10.6. The first-order chi connectivity index (χ1) is 27.5. The van der Waals surface area contributed by atoms with Crippen LogP contribution in [0.4, 0.5) is 10.5 Å². The molecule has 6 atom stereocenters. The molecule has 2 fully saturated rings. The summed E-state index contributed by atoms with van der Waals surface area (Å²) in [7, 11) is 3.10. The fourth-order valence-electron chi connectivity index (χ4n) is 9.10. The van der Waals surface area contributed by atoms with E-state index >= 15 is 0 Å². The van der Waals surface area contributed by atoms with E-state index in [-0.39, 0.29) is 42.1 Å². The number of aliphatic hydroxyl groups excluding tert-OH is 2. The maximum atomic E-state index is 13.5. The zero-order chi connectivity index (χ0) is 40.6. The van der Waals surface area contributed by atoms with Gasteiger partial charge in [-0.15, -0.1) is 18.3 Å². The molecule has 12 heteroatoms. The van der Waals surface area contributed by atoms with Crippen molar-refractivity contribution >= 4 is 29.3 Å². The van der Waals surface area contributed by atoms with Crippen LogP contribution in [0.3, 0.4) is 0 Å². The van der Waals surface area contributed by atoms with E-state index in [0.29, 0.717) is 59.8 Å². The van der Waals surface area contributed by atoms with Crippen molar-refractivity contribution in [3.8, 4) is 23.0 Å². The summed E-state index contributed by atoms with van der Waals surface area (Å²) >= 11 is 1.97. The van der Waals surface area contributed by atoms with E-state index in [0.717, 1.165) is 55.4 Å². The van der Waals surface area contributed by atoms with E-state index in [1.165, 1.54) is 20.0 Å². The number of hydrogen-bond donors (Lipinski definition) is 3. The number of ether oxygens (including phenoxy) is 5. The standard InChI is InChI=1S/C45H62N2O9S/c1-7-24-53-45-40(57-32-15-8-9-16-32)28-37(47-56-44(2,3)4)34-25-29(14-10-12-22-48)33(17-11-13-23-49)41(42(34)45)35-26-31(19-21-38(35)55-45)54-43(50)46-36-20-18-30(51-5)27-39(36)52-6/h7,18-21,25-27,29,32-33,40-42,48-49H,1,8-17,22-24,28H2,2-6H3,(H,46,50)/t29-,33+,40-,41+,42+,45+/m0/s1. The Morgan fingerprint density at radius 2 is 1.75 bits per heavy atom. The number of thioether (sulfide) groups is 1. The fourth-order valence-corrected chi connectivity index (χ4v) is 10.9. The van der Waals surface area contributed by atoms with Crippen LogP contribution in [0, 0.1) is 17.8 Å². The lowest BCUT2D eigenvalue weighted by Crippen LogP contribution is -2.64. The molecule has 1 aliphatic heterocycles. The van der Waals surface area contributed by atoms with Crippen molar-refractivity contribution in [3.05, 3.63) is 66.3 Å². The van der Waals surface area contributed by atoms with E-state index in [4.69, 9.17) is 33.7 Å². The van der Waals surface area contributed by atoms with Crippen LogP contribution in [-0.4, -0.2) is 77.9 Å². The summed E-state index contributed by atoms with van der Waals surface area (Å²) in [5.41, 5.74) is 2.89. The van der Waals surface area contributed by atoms with E-state index < -0.39 is 17.5 Å². The molecule has 0 spiro atoms. The van der Waals surface area contributed by atoms with Gasteiger partial charge in [-0.25, -0.2) is 4.79 Å². The zero-order valence-corrected chi connectivity index (χ0v) is 35.1. The SMILES string of the molecule is C=CCO[C@@]12Oc3ccc(OC(=O)Nc4ccc(OC)cc4OC)cc3[C@H]3[C@H](CCCCO)[C@@H](CCCCO)C=C(C(=NOC(C)(C)C)C[C@@H]1SC1CCCC1)[C@H]32. The molecule has 3 N–H and O–H groups in total. The number of anilines is 1. The minimum absolute atomic E-state index is 0.0918. The lowest BCUT2D eigenvalue weighted by atomic mass is 9.56. The van der Waals surface area contributed by atoms with Crippen molar-refractivity contribution in [2.24, 2.45) is 22.9 Å². The molecule has 2 aromatic carbocycles. The van der Waals surface area contributed by atoms with Crippen molar-refractivity contribution in [3.63, 3.8) is 0 Å². The van der Waals surface area contributed by atoms with Gasteiger partial charge >= 0.3 is 6.09 Å². The Hall–Kier alpha value is -3.71. The van der Waals surface area contributed by atoms with Gasteiger partial charge in [0.15, 0.2) is 0 Å². The van der Waals surface area contributed by atoms with Crippen molar-refractivity contribution in [1.29, 1.82) is 0 Å². The van der Waals surface area contributed by atoms with Gasteiger partial charge in [0.05, 0.1) is 43.4 Å². The number of nitrogens with one attached hydrogen (secondary N) is 1. The monoisotopic (exact) mass is 806 g/mol. The highest BCUT2D eigenvalue weighted by Crippen LogP contribution is 2.63. The van der Waals surface area contributed by atoms with Gasteiger partial charge in [-0.3, -0.25) is 5.32 Å². The summed E-state index contributed by atoms with van der Waals surface area (Å²) in [6.07, 6.45) is 13.7. The second-order valence-electron chi connectivity index (χ2n) is 16.6. The molecular weight excluding hydrogens is 745 g/mol. The third-order valence-corrected chi connectivity index (χ3v) is 13.2. The van der Waals surface area contributed by atoms with Gasteiger partial charge in [0.2, 0.25) is 5.79 Å². The van der Waals surface area contributed by atoms with Crippen molar-refractivity contribution < 1.29 is 43.5 Å². The first-order valence-electron chi connectivity index (χ1n) is 20.7. The van der Waals surface area contributed by atoms with E-state index in [2.05, 4.69) is 18.0 Å². The first-order valence-corrected chi connectivity index (χ1v) is 21.6. The molecule has 0 saturated heterocycles. The molecule has 4 aliphatic rings. The van der Waals surface area contributed by atoms with Crippen molar-refractivity contribution in [1.82, 2.24) is 0 Å². The van der Waals surface area contributed by atoms with Crippen LogP contribution in [-0.2, 0) is 9.57 Å². The van der Waals surface area contributed by atoms with E-state index in [1.54, 1.807) is 37.5 Å². The maximum absolute atomic E-state index is 13.5. The van der Waals surface area contributed by atoms with Crippen molar-refractivity contribution in [2.45, 2.75) is 119 Å². The summed E-state index contributed by atoms with van der Waals surface area (Å²) in [4.78, 5) is 19.7.